The average Bonchev–Trinajstić information content (AvgIpc) is 3.23. The molecule has 0 amide bonds. The van der Waals surface area contributed by atoms with E-state index >= 15 is 0 Å². The molecule has 0 bridgehead atoms. The molecule has 0 radical (unpaired) electrons. The molecule has 2 aliphatic heterocycles. The minimum Gasteiger partial charge on any atom is -0.381 e. The molecule has 5 heteroatoms. The van der Waals surface area contributed by atoms with Gasteiger partial charge in [0.25, 0.3) is 0 Å². The Bertz CT molecular complexity index is 682. The number of nitrogens with zero attached hydrogens (tertiary/aromatic N) is 4. The van der Waals surface area contributed by atoms with Gasteiger partial charge in [-0.05, 0) is 67.8 Å². The second kappa shape index (κ2) is 10.6. The number of likely N-dealkylation sites (tertiary alicyclic amines) is 2. The Hall–Kier alpha value is -1.61. The molecule has 30 heavy (non-hydrogen) atoms. The normalized spacial score (nSPS) is 26.3. The summed E-state index contributed by atoms with van der Waals surface area (Å²) in [5, 5.41) is 8.74. The summed E-state index contributed by atoms with van der Waals surface area (Å²) in [6.45, 7) is 10.0. The van der Waals surface area contributed by atoms with Gasteiger partial charge in [0, 0.05) is 52.1 Å². The molecule has 3 fully saturated rings. The van der Waals surface area contributed by atoms with Crippen molar-refractivity contribution < 1.29 is 4.74 Å². The van der Waals surface area contributed by atoms with Gasteiger partial charge in [0.05, 0.1) is 19.1 Å². The summed E-state index contributed by atoms with van der Waals surface area (Å²) in [5.41, 5.74) is 2.58. The molecule has 0 N–H and O–H groups in total. The average molecular weight is 411 g/mol. The van der Waals surface area contributed by atoms with Crippen molar-refractivity contribution in [3.05, 3.63) is 29.8 Å². The maximum absolute atomic E-state index is 8.74. The van der Waals surface area contributed by atoms with Crippen LogP contribution in [0.2, 0.25) is 0 Å². The molecular formula is C25H38N4O. The molecule has 2 saturated heterocycles. The van der Waals surface area contributed by atoms with Crippen LogP contribution in [0, 0.1) is 29.1 Å². The van der Waals surface area contributed by atoms with E-state index in [4.69, 9.17) is 10.00 Å². The number of rotatable bonds is 11. The lowest BCUT2D eigenvalue weighted by atomic mass is 10.1. The molecule has 2 unspecified atom stereocenters. The van der Waals surface area contributed by atoms with Crippen LogP contribution in [0.3, 0.4) is 0 Å². The summed E-state index contributed by atoms with van der Waals surface area (Å²) in [6, 6.07) is 11.1. The van der Waals surface area contributed by atoms with Crippen molar-refractivity contribution in [2.45, 2.75) is 38.6 Å². The van der Waals surface area contributed by atoms with Crippen LogP contribution in [0.1, 0.15) is 37.7 Å². The molecular weight excluding hydrogens is 372 g/mol. The number of fused-ring (bicyclic) bond motifs is 1. The molecule has 164 valence electrons. The zero-order valence-electron chi connectivity index (χ0n) is 18.6. The van der Waals surface area contributed by atoms with Gasteiger partial charge in [-0.25, -0.2) is 0 Å². The number of nitriles is 1. The molecule has 1 aromatic rings. The zero-order valence-corrected chi connectivity index (χ0v) is 18.6. The number of hydrogen-bond acceptors (Lipinski definition) is 5. The van der Waals surface area contributed by atoms with E-state index in [1.807, 2.05) is 0 Å². The van der Waals surface area contributed by atoms with Gasteiger partial charge in [0.2, 0.25) is 0 Å². The van der Waals surface area contributed by atoms with Crippen molar-refractivity contribution >= 4 is 5.69 Å². The molecule has 0 spiro atoms. The highest BCUT2D eigenvalue weighted by atomic mass is 16.5. The number of ether oxygens (including phenoxy) is 1. The van der Waals surface area contributed by atoms with Crippen LogP contribution in [0.15, 0.2) is 24.3 Å². The highest BCUT2D eigenvalue weighted by Crippen LogP contribution is 2.52. The first-order valence-electron chi connectivity index (χ1n) is 11.9. The summed E-state index contributed by atoms with van der Waals surface area (Å²) >= 11 is 0. The highest BCUT2D eigenvalue weighted by molar-refractivity contribution is 5.46. The van der Waals surface area contributed by atoms with E-state index in [-0.39, 0.29) is 0 Å². The van der Waals surface area contributed by atoms with E-state index in [2.05, 4.69) is 52.1 Å². The minimum atomic E-state index is 0.568. The fourth-order valence-electron chi connectivity index (χ4n) is 5.37. The van der Waals surface area contributed by atoms with E-state index < -0.39 is 0 Å². The summed E-state index contributed by atoms with van der Waals surface area (Å²) < 4.78 is 6.03. The predicted octanol–water partition coefficient (Wildman–Crippen LogP) is 3.61. The number of hydrogen-bond donors (Lipinski definition) is 0. The van der Waals surface area contributed by atoms with Crippen molar-refractivity contribution in [2.75, 3.05) is 64.4 Å². The Labute approximate surface area is 182 Å². The monoisotopic (exact) mass is 410 g/mol. The lowest BCUT2D eigenvalue weighted by molar-refractivity contribution is 0.0967. The van der Waals surface area contributed by atoms with Crippen LogP contribution >= 0.6 is 0 Å². The predicted molar refractivity (Wildman–Crippen MR) is 121 cm³/mol. The number of piperidine rings is 2. The molecule has 1 aliphatic carbocycles. The van der Waals surface area contributed by atoms with Gasteiger partial charge in [-0.2, -0.15) is 5.26 Å². The summed E-state index contributed by atoms with van der Waals surface area (Å²) in [6.07, 6.45) is 5.94. The van der Waals surface area contributed by atoms with Gasteiger partial charge < -0.3 is 14.5 Å². The summed E-state index contributed by atoms with van der Waals surface area (Å²) in [7, 11) is 2.05. The molecule has 3 aliphatic rings. The first kappa shape index (κ1) is 21.6. The Morgan fingerprint density at radius 2 is 1.80 bits per heavy atom. The van der Waals surface area contributed by atoms with Crippen molar-refractivity contribution in [1.82, 2.24) is 9.80 Å². The first-order valence-corrected chi connectivity index (χ1v) is 11.9. The smallest absolute Gasteiger partial charge is 0.0640 e. The van der Waals surface area contributed by atoms with Crippen LogP contribution in [0.4, 0.5) is 5.69 Å². The fraction of sp³-hybridized carbons (Fsp3) is 0.720. The molecule has 1 saturated carbocycles. The van der Waals surface area contributed by atoms with E-state index in [0.29, 0.717) is 6.42 Å². The van der Waals surface area contributed by atoms with Crippen LogP contribution in [0.5, 0.6) is 0 Å². The minimum absolute atomic E-state index is 0.568. The van der Waals surface area contributed by atoms with Crippen molar-refractivity contribution in [3.8, 4) is 6.07 Å². The Morgan fingerprint density at radius 1 is 1.07 bits per heavy atom. The first-order chi connectivity index (χ1) is 14.7. The van der Waals surface area contributed by atoms with E-state index in [0.717, 1.165) is 44.1 Å². The van der Waals surface area contributed by atoms with Gasteiger partial charge in [-0.1, -0.05) is 18.6 Å². The highest BCUT2D eigenvalue weighted by Gasteiger charge is 2.55. The lowest BCUT2D eigenvalue weighted by Gasteiger charge is -2.26. The molecule has 5 nitrogen and oxygen atoms in total. The lowest BCUT2D eigenvalue weighted by Crippen LogP contribution is -2.31. The quantitative estimate of drug-likeness (QED) is 0.522. The van der Waals surface area contributed by atoms with Crippen LogP contribution in [-0.2, 0) is 11.3 Å². The van der Waals surface area contributed by atoms with E-state index in [1.165, 1.54) is 69.7 Å². The summed E-state index contributed by atoms with van der Waals surface area (Å²) in [5.74, 6) is 2.54. The second-order valence-electron chi connectivity index (χ2n) is 9.51. The number of anilines is 1. The third-order valence-electron chi connectivity index (χ3n) is 7.31. The second-order valence-corrected chi connectivity index (χ2v) is 9.51. The van der Waals surface area contributed by atoms with Gasteiger partial charge >= 0.3 is 0 Å². The molecule has 3 atom stereocenters. The third-order valence-corrected chi connectivity index (χ3v) is 7.31. The Balaban J connectivity index is 1.09. The zero-order chi connectivity index (χ0) is 20.8. The van der Waals surface area contributed by atoms with E-state index in [1.54, 1.807) is 0 Å². The van der Waals surface area contributed by atoms with Gasteiger partial charge in [-0.3, -0.25) is 4.90 Å². The standard InChI is InChI=1S/C25H38N4O/c1-27(12-5-11-26)22-9-7-21(8-10-22)17-29-18-23-24(19-29)25(23)20-30-16-6-15-28-13-3-2-4-14-28/h7-10,23-25H,2-6,12-20H2,1H3/t23-,24?,25?/m0/s1. The van der Waals surface area contributed by atoms with Crippen molar-refractivity contribution in [1.29, 1.82) is 5.26 Å². The van der Waals surface area contributed by atoms with Crippen molar-refractivity contribution in [2.24, 2.45) is 17.8 Å². The number of benzene rings is 1. The maximum atomic E-state index is 8.74. The fourth-order valence-corrected chi connectivity index (χ4v) is 5.37. The van der Waals surface area contributed by atoms with Gasteiger partial charge in [-0.15, -0.1) is 0 Å². The maximum Gasteiger partial charge on any atom is 0.0640 e. The SMILES string of the molecule is CN(CCC#N)c1ccc(CN2CC3C(COCCCN4CCCCC4)[C@H]3C2)cc1. The van der Waals surface area contributed by atoms with Gasteiger partial charge in [0.1, 0.15) is 0 Å². The Kier molecular flexibility index (Phi) is 7.65. The Morgan fingerprint density at radius 3 is 2.50 bits per heavy atom. The summed E-state index contributed by atoms with van der Waals surface area (Å²) in [4.78, 5) is 7.36. The van der Waals surface area contributed by atoms with Crippen molar-refractivity contribution in [3.63, 3.8) is 0 Å². The van der Waals surface area contributed by atoms with Crippen LogP contribution in [0.25, 0.3) is 0 Å². The van der Waals surface area contributed by atoms with E-state index in [9.17, 15) is 0 Å². The largest absolute Gasteiger partial charge is 0.381 e. The topological polar surface area (TPSA) is 42.7 Å². The molecule has 0 aromatic heterocycles. The van der Waals surface area contributed by atoms with Crippen LogP contribution in [-0.4, -0.2) is 69.3 Å². The third kappa shape index (κ3) is 5.75. The van der Waals surface area contributed by atoms with Crippen LogP contribution < -0.4 is 4.90 Å². The molecule has 1 aromatic carbocycles. The van der Waals surface area contributed by atoms with Gasteiger partial charge in [0.15, 0.2) is 0 Å². The molecule has 4 rings (SSSR count). The molecule has 2 heterocycles.